The second kappa shape index (κ2) is 7.51. The predicted molar refractivity (Wildman–Crippen MR) is 87.3 cm³/mol. The lowest BCUT2D eigenvalue weighted by Crippen LogP contribution is -2.38. The maximum Gasteiger partial charge on any atom is 0.316 e. The lowest BCUT2D eigenvalue weighted by molar-refractivity contribution is 0.240. The Morgan fingerprint density at radius 2 is 2.10 bits per heavy atom. The Hall–Kier alpha value is -2.25. The van der Waals surface area contributed by atoms with E-state index in [2.05, 4.69) is 47.7 Å². The molecule has 108 valence electrons. The van der Waals surface area contributed by atoms with Crippen molar-refractivity contribution in [2.45, 2.75) is 19.4 Å². The molecule has 1 aromatic heterocycles. The molecule has 2 amide bonds. The van der Waals surface area contributed by atoms with Crippen LogP contribution >= 0.6 is 11.3 Å². The SMILES string of the molecule is C#CCNC(=O)N[C@@H](c1ccc(CC)cc1)c1cccs1. The van der Waals surface area contributed by atoms with Crippen molar-refractivity contribution in [3.8, 4) is 12.3 Å². The molecule has 4 heteroatoms. The van der Waals surface area contributed by atoms with Crippen LogP contribution in [0.25, 0.3) is 0 Å². The maximum absolute atomic E-state index is 11.9. The average molecular weight is 298 g/mol. The largest absolute Gasteiger partial charge is 0.327 e. The summed E-state index contributed by atoms with van der Waals surface area (Å²) in [6.07, 6.45) is 6.15. The van der Waals surface area contributed by atoms with E-state index in [0.717, 1.165) is 16.9 Å². The minimum Gasteiger partial charge on any atom is -0.327 e. The molecule has 0 aliphatic carbocycles. The van der Waals surface area contributed by atoms with Gasteiger partial charge in [-0.3, -0.25) is 0 Å². The minimum absolute atomic E-state index is 0.159. The third-order valence-electron chi connectivity index (χ3n) is 3.18. The number of aryl methyl sites for hydroxylation is 1. The Labute approximate surface area is 129 Å². The quantitative estimate of drug-likeness (QED) is 0.817. The monoisotopic (exact) mass is 298 g/mol. The molecule has 0 saturated heterocycles. The number of carbonyl (C=O) groups excluding carboxylic acids is 1. The summed E-state index contributed by atoms with van der Waals surface area (Å²) in [5, 5.41) is 7.61. The number of hydrogen-bond donors (Lipinski definition) is 2. The third kappa shape index (κ3) is 4.11. The Kier molecular flexibility index (Phi) is 5.42. The summed E-state index contributed by atoms with van der Waals surface area (Å²) in [7, 11) is 0. The van der Waals surface area contributed by atoms with Gasteiger partial charge in [0.2, 0.25) is 0 Å². The number of thiophene rings is 1. The fourth-order valence-electron chi connectivity index (χ4n) is 2.03. The summed E-state index contributed by atoms with van der Waals surface area (Å²) in [4.78, 5) is 13.0. The minimum atomic E-state index is -0.258. The molecule has 0 radical (unpaired) electrons. The van der Waals surface area contributed by atoms with E-state index < -0.39 is 0 Å². The molecule has 21 heavy (non-hydrogen) atoms. The van der Waals surface area contributed by atoms with Crippen molar-refractivity contribution < 1.29 is 4.79 Å². The zero-order valence-corrected chi connectivity index (χ0v) is 12.7. The number of urea groups is 1. The van der Waals surface area contributed by atoms with Crippen molar-refractivity contribution in [3.63, 3.8) is 0 Å². The van der Waals surface area contributed by atoms with Gasteiger partial charge in [0.25, 0.3) is 0 Å². The average Bonchev–Trinajstić information content (AvgIpc) is 3.05. The van der Waals surface area contributed by atoms with Gasteiger partial charge in [0.1, 0.15) is 0 Å². The van der Waals surface area contributed by atoms with Gasteiger partial charge in [-0.25, -0.2) is 4.79 Å². The van der Waals surface area contributed by atoms with Gasteiger partial charge < -0.3 is 10.6 Å². The lowest BCUT2D eigenvalue weighted by atomic mass is 10.0. The second-order valence-electron chi connectivity index (χ2n) is 4.57. The topological polar surface area (TPSA) is 41.1 Å². The number of benzene rings is 1. The molecular formula is C17H18N2OS. The van der Waals surface area contributed by atoms with Crippen LogP contribution in [0.15, 0.2) is 41.8 Å². The first-order chi connectivity index (χ1) is 10.2. The number of carbonyl (C=O) groups is 1. The van der Waals surface area contributed by atoms with E-state index in [-0.39, 0.29) is 18.6 Å². The summed E-state index contributed by atoms with van der Waals surface area (Å²) < 4.78 is 0. The molecule has 0 saturated carbocycles. The fourth-order valence-corrected chi connectivity index (χ4v) is 2.84. The van der Waals surface area contributed by atoms with Crippen molar-refractivity contribution in [1.82, 2.24) is 10.6 Å². The fraction of sp³-hybridized carbons (Fsp3) is 0.235. The van der Waals surface area contributed by atoms with Gasteiger partial charge in [-0.2, -0.15) is 0 Å². The van der Waals surface area contributed by atoms with E-state index in [1.165, 1.54) is 5.56 Å². The molecule has 1 aromatic carbocycles. The van der Waals surface area contributed by atoms with Gasteiger partial charge in [0.15, 0.2) is 0 Å². The van der Waals surface area contributed by atoms with Gasteiger partial charge in [-0.1, -0.05) is 43.2 Å². The van der Waals surface area contributed by atoms with Crippen molar-refractivity contribution in [2.24, 2.45) is 0 Å². The highest BCUT2D eigenvalue weighted by molar-refractivity contribution is 7.10. The van der Waals surface area contributed by atoms with Crippen molar-refractivity contribution in [3.05, 3.63) is 57.8 Å². The van der Waals surface area contributed by atoms with Crippen LogP contribution in [0.4, 0.5) is 4.79 Å². The molecular weight excluding hydrogens is 280 g/mol. The Bertz CT molecular complexity index is 611. The zero-order valence-electron chi connectivity index (χ0n) is 11.9. The summed E-state index contributed by atoms with van der Waals surface area (Å²) in [5.74, 6) is 2.39. The Balaban J connectivity index is 2.20. The van der Waals surface area contributed by atoms with Crippen molar-refractivity contribution >= 4 is 17.4 Å². The molecule has 2 aromatic rings. The number of nitrogens with one attached hydrogen (secondary N) is 2. The molecule has 0 bridgehead atoms. The number of amides is 2. The van der Waals surface area contributed by atoms with Crippen LogP contribution in [0.2, 0.25) is 0 Å². The van der Waals surface area contributed by atoms with Crippen LogP contribution in [0.3, 0.4) is 0 Å². The Morgan fingerprint density at radius 1 is 1.33 bits per heavy atom. The second-order valence-corrected chi connectivity index (χ2v) is 5.55. The van der Waals surface area contributed by atoms with E-state index in [4.69, 9.17) is 6.42 Å². The summed E-state index contributed by atoms with van der Waals surface area (Å²) in [6.45, 7) is 2.34. The van der Waals surface area contributed by atoms with E-state index in [1.54, 1.807) is 11.3 Å². The smallest absolute Gasteiger partial charge is 0.316 e. The van der Waals surface area contributed by atoms with Crippen LogP contribution in [0.1, 0.15) is 29.0 Å². The lowest BCUT2D eigenvalue weighted by Gasteiger charge is -2.18. The molecule has 2 rings (SSSR count). The van der Waals surface area contributed by atoms with E-state index >= 15 is 0 Å². The summed E-state index contributed by atoms with van der Waals surface area (Å²) >= 11 is 1.62. The van der Waals surface area contributed by atoms with Gasteiger partial charge >= 0.3 is 6.03 Å². The van der Waals surface area contributed by atoms with E-state index in [0.29, 0.717) is 0 Å². The van der Waals surface area contributed by atoms with Crippen molar-refractivity contribution in [2.75, 3.05) is 6.54 Å². The first kappa shape index (κ1) is 15.1. The third-order valence-corrected chi connectivity index (χ3v) is 4.11. The summed E-state index contributed by atoms with van der Waals surface area (Å²) in [6, 6.07) is 11.9. The predicted octanol–water partition coefficient (Wildman–Crippen LogP) is 3.33. The van der Waals surface area contributed by atoms with Crippen LogP contribution < -0.4 is 10.6 Å². The first-order valence-corrected chi connectivity index (χ1v) is 7.72. The highest BCUT2D eigenvalue weighted by atomic mass is 32.1. The van der Waals surface area contributed by atoms with Crippen LogP contribution in [0.5, 0.6) is 0 Å². The van der Waals surface area contributed by atoms with E-state index in [9.17, 15) is 4.79 Å². The van der Waals surface area contributed by atoms with Crippen LogP contribution in [0, 0.1) is 12.3 Å². The van der Waals surface area contributed by atoms with Gasteiger partial charge in [-0.15, -0.1) is 17.8 Å². The molecule has 0 unspecified atom stereocenters. The first-order valence-electron chi connectivity index (χ1n) is 6.84. The van der Waals surface area contributed by atoms with Gasteiger partial charge in [-0.05, 0) is 29.0 Å². The molecule has 0 spiro atoms. The Morgan fingerprint density at radius 3 is 2.67 bits per heavy atom. The van der Waals surface area contributed by atoms with E-state index in [1.807, 2.05) is 17.5 Å². The highest BCUT2D eigenvalue weighted by Gasteiger charge is 2.17. The number of hydrogen-bond acceptors (Lipinski definition) is 2. The van der Waals surface area contributed by atoms with Crippen molar-refractivity contribution in [1.29, 1.82) is 0 Å². The highest BCUT2D eigenvalue weighted by Crippen LogP contribution is 2.26. The zero-order chi connectivity index (χ0) is 15.1. The van der Waals surface area contributed by atoms with Crippen LogP contribution in [-0.2, 0) is 6.42 Å². The number of terminal acetylenes is 1. The standard InChI is InChI=1S/C17H18N2OS/c1-3-11-18-17(20)19-16(15-6-5-12-21-15)14-9-7-13(4-2)8-10-14/h1,5-10,12,16H,4,11H2,2H3,(H2,18,19,20)/t16-/m0/s1. The normalized spacial score (nSPS) is 11.4. The molecule has 2 N–H and O–H groups in total. The number of rotatable bonds is 5. The molecule has 0 aliphatic rings. The molecule has 0 fully saturated rings. The summed E-state index contributed by atoms with van der Waals surface area (Å²) in [5.41, 5.74) is 2.34. The van der Waals surface area contributed by atoms with Gasteiger partial charge in [0.05, 0.1) is 12.6 Å². The van der Waals surface area contributed by atoms with Crippen LogP contribution in [-0.4, -0.2) is 12.6 Å². The molecule has 1 atom stereocenters. The molecule has 3 nitrogen and oxygen atoms in total. The maximum atomic E-state index is 11.9. The molecule has 1 heterocycles. The molecule has 0 aliphatic heterocycles. The van der Waals surface area contributed by atoms with Gasteiger partial charge in [0, 0.05) is 4.88 Å².